The molecule has 0 aliphatic heterocycles. The van der Waals surface area contributed by atoms with Crippen LogP contribution in [0.4, 0.5) is 0 Å². The average Bonchev–Trinajstić information content (AvgIpc) is 0. The Balaban J connectivity index is 0. The van der Waals surface area contributed by atoms with Crippen molar-refractivity contribution >= 4 is 8.41 Å². The van der Waals surface area contributed by atoms with E-state index in [4.69, 9.17) is 0 Å². The zero-order chi connectivity index (χ0) is 0. The van der Waals surface area contributed by atoms with Gasteiger partial charge in [0.2, 0.25) is 0 Å². The fraction of sp³-hybridized carbons (Fsp3) is 0. The van der Waals surface area contributed by atoms with E-state index in [1.165, 1.54) is 0 Å². The largest absolute Gasteiger partial charge is 0 e. The minimum Gasteiger partial charge on any atom is 0 e. The van der Waals surface area contributed by atoms with Gasteiger partial charge in [-0.2, -0.15) is 0 Å². The van der Waals surface area contributed by atoms with Gasteiger partial charge in [0.15, 0.2) is 0 Å². The van der Waals surface area contributed by atoms with Gasteiger partial charge in [0.05, 0.1) is 0 Å². The van der Waals surface area contributed by atoms with Crippen molar-refractivity contribution in [2.24, 2.45) is 0 Å². The minimum atomic E-state index is 0. The van der Waals surface area contributed by atoms with Crippen molar-refractivity contribution in [2.45, 2.75) is 0 Å². The van der Waals surface area contributed by atoms with Crippen LogP contribution < -0.4 is 0 Å². The monoisotopic (exact) mass is 844 g/mol. The summed E-state index contributed by atoms with van der Waals surface area (Å²) in [5.74, 6) is 0. The van der Waals surface area contributed by atoms with Crippen LogP contribution >= 0.6 is 0 Å². The Hall–Kier alpha value is 4.48. The molecule has 0 heterocycles. The Bertz CT molecular complexity index is 19.7. The molecule has 0 aliphatic carbocycles. The molecule has 0 aromatic rings. The first-order chi connectivity index (χ1) is 0. The molecular formula is BCoCrPtReTaTb. The second kappa shape index (κ2) is 46.9. The van der Waals surface area contributed by atoms with E-state index in [9.17, 15) is 0 Å². The molecule has 0 amide bonds. The predicted molar refractivity (Wildman–Crippen MR) is 5.75 cm³/mol. The molecule has 0 spiro atoms. The van der Waals surface area contributed by atoms with E-state index >= 15 is 0 Å². The quantitative estimate of drug-likeness (QED) is 0.292. The fourth-order valence-electron chi connectivity index (χ4n) is 0. The molecule has 0 N–H and O–H groups in total. The standard InChI is InChI=1S/B.Co.Cr.Pt.Re.Ta.Tb. The Labute approximate surface area is 142 Å². The Morgan fingerprint density at radius 3 is 1.00 bits per heavy atom. The summed E-state index contributed by atoms with van der Waals surface area (Å²) >= 11 is 0. The number of hydrogen-bond acceptors (Lipinski definition) is 0. The van der Waals surface area contributed by atoms with Crippen molar-refractivity contribution in [3.63, 3.8) is 0 Å². The summed E-state index contributed by atoms with van der Waals surface area (Å²) in [6.07, 6.45) is 0. The molecule has 0 bridgehead atoms. The van der Waals surface area contributed by atoms with Crippen molar-refractivity contribution in [1.29, 1.82) is 0 Å². The molecule has 0 nitrogen and oxygen atoms in total. The molecule has 0 fully saturated rings. The van der Waals surface area contributed by atoms with Gasteiger partial charge in [-0.25, -0.2) is 0 Å². The molecule has 0 aromatic carbocycles. The summed E-state index contributed by atoms with van der Waals surface area (Å²) in [7, 11) is 0. The summed E-state index contributed by atoms with van der Waals surface area (Å²) in [5.41, 5.74) is 0. The molecule has 0 aromatic heterocycles. The maximum atomic E-state index is 0. The van der Waals surface area contributed by atoms with Crippen LogP contribution in [0, 0.1) is 38.6 Å². The van der Waals surface area contributed by atoms with E-state index in [2.05, 4.69) is 0 Å². The molecular weight excluding hydrogens is 843 g/mol. The Morgan fingerprint density at radius 2 is 1.00 bits per heavy atom. The third-order valence-electron chi connectivity index (χ3n) is 0. The van der Waals surface area contributed by atoms with E-state index < -0.39 is 0 Å². The molecule has 0 rings (SSSR count). The topological polar surface area (TPSA) is 0 Å². The predicted octanol–water partition coefficient (Wildman–Crippen LogP) is -0.393. The molecule has 0 atom stereocenters. The van der Waals surface area contributed by atoms with Crippen LogP contribution in [0.25, 0.3) is 0 Å². The van der Waals surface area contributed by atoms with Gasteiger partial charge in [-0.15, -0.1) is 0 Å². The van der Waals surface area contributed by atoms with Gasteiger partial charge in [0.25, 0.3) is 0 Å². The molecule has 7 heavy (non-hydrogen) atoms. The van der Waals surface area contributed by atoms with Crippen LogP contribution in [0.5, 0.6) is 0 Å². The summed E-state index contributed by atoms with van der Waals surface area (Å²) in [4.78, 5) is 0. The van der Waals surface area contributed by atoms with Crippen LogP contribution in [-0.4, -0.2) is 8.41 Å². The Kier molecular flexibility index (Phi) is 421. The van der Waals surface area contributed by atoms with Crippen molar-refractivity contribution in [1.82, 2.24) is 0 Å². The maximum absolute atomic E-state index is 0. The number of hydrogen-bond donors (Lipinski definition) is 0. The smallest absolute Gasteiger partial charge is 0 e. The first kappa shape index (κ1) is 62.8. The molecule has 7 heteroatoms. The van der Waals surface area contributed by atoms with Gasteiger partial charge in [-0.1, -0.05) is 0 Å². The van der Waals surface area contributed by atoms with E-state index in [-0.39, 0.29) is 145 Å². The van der Waals surface area contributed by atoms with Crippen LogP contribution in [0.15, 0.2) is 0 Å². The van der Waals surface area contributed by atoms with Gasteiger partial charge in [-0.3, -0.25) is 0 Å². The van der Waals surface area contributed by atoms with Crippen LogP contribution in [-0.2, 0) is 98.0 Å². The normalized spacial score (nSPS) is 0. The van der Waals surface area contributed by atoms with Crippen molar-refractivity contribution in [2.75, 3.05) is 0 Å². The van der Waals surface area contributed by atoms with Crippen LogP contribution in [0.3, 0.4) is 0 Å². The van der Waals surface area contributed by atoms with Crippen molar-refractivity contribution in [3.8, 4) is 0 Å². The second-order valence-electron chi connectivity index (χ2n) is 0. The maximum Gasteiger partial charge on any atom is 0 e. The second-order valence-corrected chi connectivity index (χ2v) is 0. The molecule has 7 radical (unpaired) electrons. The molecule has 0 saturated carbocycles. The van der Waals surface area contributed by atoms with Gasteiger partial charge in [-0.05, 0) is 0 Å². The Morgan fingerprint density at radius 1 is 1.00 bits per heavy atom. The fourth-order valence-corrected chi connectivity index (χ4v) is 0. The summed E-state index contributed by atoms with van der Waals surface area (Å²) < 4.78 is 0. The number of rotatable bonds is 0. The third-order valence-corrected chi connectivity index (χ3v) is 0. The van der Waals surface area contributed by atoms with Gasteiger partial charge < -0.3 is 0 Å². The molecule has 49 valence electrons. The van der Waals surface area contributed by atoms with Gasteiger partial charge in [0, 0.05) is 145 Å². The van der Waals surface area contributed by atoms with Crippen LogP contribution in [0.2, 0.25) is 0 Å². The summed E-state index contributed by atoms with van der Waals surface area (Å²) in [6, 6.07) is 0. The van der Waals surface area contributed by atoms with E-state index in [1.54, 1.807) is 0 Å². The summed E-state index contributed by atoms with van der Waals surface area (Å²) in [5, 5.41) is 0. The van der Waals surface area contributed by atoms with E-state index in [1.807, 2.05) is 0 Å². The molecule has 0 aliphatic rings. The van der Waals surface area contributed by atoms with Crippen molar-refractivity contribution in [3.05, 3.63) is 0 Å². The molecule has 0 saturated heterocycles. The minimum absolute atomic E-state index is 0. The average molecular weight is 843 g/mol. The van der Waals surface area contributed by atoms with E-state index in [0.717, 1.165) is 0 Å². The third kappa shape index (κ3) is 37.5. The van der Waals surface area contributed by atoms with Gasteiger partial charge in [0.1, 0.15) is 0 Å². The van der Waals surface area contributed by atoms with E-state index in [0.29, 0.717) is 0 Å². The van der Waals surface area contributed by atoms with Crippen LogP contribution in [0.1, 0.15) is 0 Å². The SMILES string of the molecule is [B].[Co].[Cr].[Pt].[Re].[Ta].[Tb]. The summed E-state index contributed by atoms with van der Waals surface area (Å²) in [6.45, 7) is 0. The first-order valence-electron chi connectivity index (χ1n) is 0. The molecule has 0 unspecified atom stereocenters. The zero-order valence-corrected chi connectivity index (χ0v) is 15.4. The van der Waals surface area contributed by atoms with Crippen molar-refractivity contribution < 1.29 is 137 Å². The zero-order valence-electron chi connectivity index (χ0n) is 2.79. The first-order valence-corrected chi connectivity index (χ1v) is 0. The van der Waals surface area contributed by atoms with Gasteiger partial charge >= 0.3 is 0 Å².